The summed E-state index contributed by atoms with van der Waals surface area (Å²) < 4.78 is 10.6. The quantitative estimate of drug-likeness (QED) is 0.296. The zero-order valence-corrected chi connectivity index (χ0v) is 22.3. The van der Waals surface area contributed by atoms with E-state index in [1.165, 1.54) is 0 Å². The Morgan fingerprint density at radius 2 is 1.89 bits per heavy atom. The monoisotopic (exact) mass is 512 g/mol. The second-order valence-corrected chi connectivity index (χ2v) is 10.5. The highest BCUT2D eigenvalue weighted by molar-refractivity contribution is 7.98. The van der Waals surface area contributed by atoms with Gasteiger partial charge in [0.05, 0.1) is 25.7 Å². The number of benzene rings is 1. The first-order valence-corrected chi connectivity index (χ1v) is 13.8. The maximum Gasteiger partial charge on any atom is 0.310 e. The molecule has 1 amide bonds. The molecule has 0 bridgehead atoms. The first kappa shape index (κ1) is 26.4. The second-order valence-electron chi connectivity index (χ2n) is 9.52. The second kappa shape index (κ2) is 12.5. The Bertz CT molecular complexity index is 1040. The van der Waals surface area contributed by atoms with Crippen molar-refractivity contribution >= 4 is 29.5 Å². The van der Waals surface area contributed by atoms with Crippen molar-refractivity contribution in [2.45, 2.75) is 50.4 Å². The van der Waals surface area contributed by atoms with Gasteiger partial charge >= 0.3 is 5.97 Å². The molecule has 36 heavy (non-hydrogen) atoms. The van der Waals surface area contributed by atoms with Gasteiger partial charge < -0.3 is 19.3 Å². The van der Waals surface area contributed by atoms with Crippen LogP contribution in [0.1, 0.15) is 61.1 Å². The van der Waals surface area contributed by atoms with Crippen molar-refractivity contribution in [3.8, 4) is 0 Å². The van der Waals surface area contributed by atoms with Crippen LogP contribution < -0.4 is 4.90 Å². The molecule has 194 valence electrons. The van der Waals surface area contributed by atoms with Crippen molar-refractivity contribution in [1.29, 1.82) is 0 Å². The predicted octanol–water partition coefficient (Wildman–Crippen LogP) is 4.14. The van der Waals surface area contributed by atoms with Crippen molar-refractivity contribution in [2.75, 3.05) is 50.9 Å². The molecule has 2 aliphatic rings. The van der Waals surface area contributed by atoms with Gasteiger partial charge in [-0.1, -0.05) is 37.7 Å². The van der Waals surface area contributed by atoms with E-state index in [0.29, 0.717) is 36.9 Å². The third kappa shape index (κ3) is 6.76. The number of hydrogen-bond acceptors (Lipinski definition) is 8. The highest BCUT2D eigenvalue weighted by Gasteiger charge is 2.29. The molecule has 0 saturated carbocycles. The smallest absolute Gasteiger partial charge is 0.310 e. The fourth-order valence-electron chi connectivity index (χ4n) is 4.43. The Labute approximate surface area is 217 Å². The molecule has 2 saturated heterocycles. The van der Waals surface area contributed by atoms with Crippen molar-refractivity contribution in [2.24, 2.45) is 5.92 Å². The Balaban J connectivity index is 1.38. The molecule has 3 heterocycles. The van der Waals surface area contributed by atoms with Gasteiger partial charge in [-0.25, -0.2) is 9.97 Å². The SMILES string of the molecule is CCOC(=O)C1CCCN(C(=O)c2ccc(CSc3nc(C(C)C)cc(N4CCOCC4)n3)cc2)C1. The van der Waals surface area contributed by atoms with Crippen LogP contribution in [-0.2, 0) is 20.0 Å². The van der Waals surface area contributed by atoms with E-state index in [0.717, 1.165) is 61.4 Å². The van der Waals surface area contributed by atoms with Crippen LogP contribution in [0.15, 0.2) is 35.5 Å². The van der Waals surface area contributed by atoms with Crippen LogP contribution in [0.4, 0.5) is 5.82 Å². The molecule has 2 aliphatic heterocycles. The molecular weight excluding hydrogens is 476 g/mol. The van der Waals surface area contributed by atoms with Crippen LogP contribution in [0.25, 0.3) is 0 Å². The largest absolute Gasteiger partial charge is 0.466 e. The van der Waals surface area contributed by atoms with E-state index in [1.54, 1.807) is 23.6 Å². The van der Waals surface area contributed by atoms with Gasteiger partial charge in [0.2, 0.25) is 0 Å². The van der Waals surface area contributed by atoms with E-state index in [4.69, 9.17) is 19.4 Å². The number of esters is 1. The Morgan fingerprint density at radius 1 is 1.14 bits per heavy atom. The lowest BCUT2D eigenvalue weighted by atomic mass is 9.97. The summed E-state index contributed by atoms with van der Waals surface area (Å²) in [7, 11) is 0. The van der Waals surface area contributed by atoms with Crippen LogP contribution in [-0.4, -0.2) is 72.7 Å². The maximum atomic E-state index is 13.0. The zero-order chi connectivity index (χ0) is 25.5. The number of morpholine rings is 1. The molecule has 1 aromatic heterocycles. The number of amides is 1. The molecule has 0 spiro atoms. The number of rotatable bonds is 8. The number of ether oxygens (including phenoxy) is 2. The normalized spacial score (nSPS) is 18.4. The van der Waals surface area contributed by atoms with Gasteiger partial charge in [-0.3, -0.25) is 9.59 Å². The lowest BCUT2D eigenvalue weighted by Crippen LogP contribution is -2.42. The number of likely N-dealkylation sites (tertiary alicyclic amines) is 1. The van der Waals surface area contributed by atoms with Gasteiger partial charge in [0.25, 0.3) is 5.91 Å². The third-order valence-corrected chi connectivity index (χ3v) is 7.45. The summed E-state index contributed by atoms with van der Waals surface area (Å²) in [6.45, 7) is 10.7. The number of hydrogen-bond donors (Lipinski definition) is 0. The summed E-state index contributed by atoms with van der Waals surface area (Å²) in [6, 6.07) is 9.81. The number of carbonyl (C=O) groups excluding carboxylic acids is 2. The molecule has 9 heteroatoms. The van der Waals surface area contributed by atoms with Crippen molar-refractivity contribution in [1.82, 2.24) is 14.9 Å². The van der Waals surface area contributed by atoms with E-state index in [-0.39, 0.29) is 17.8 Å². The number of aromatic nitrogens is 2. The summed E-state index contributed by atoms with van der Waals surface area (Å²) in [5, 5.41) is 0.765. The molecule has 1 atom stereocenters. The number of thioether (sulfide) groups is 1. The zero-order valence-electron chi connectivity index (χ0n) is 21.4. The van der Waals surface area contributed by atoms with E-state index in [9.17, 15) is 9.59 Å². The number of piperidine rings is 1. The van der Waals surface area contributed by atoms with Crippen molar-refractivity contribution < 1.29 is 19.1 Å². The third-order valence-electron chi connectivity index (χ3n) is 6.54. The van der Waals surface area contributed by atoms with E-state index >= 15 is 0 Å². The number of anilines is 1. The highest BCUT2D eigenvalue weighted by Crippen LogP contribution is 2.27. The first-order chi connectivity index (χ1) is 17.4. The number of carbonyl (C=O) groups is 2. The molecule has 0 radical (unpaired) electrons. The Hall–Kier alpha value is -2.65. The average Bonchev–Trinajstić information content (AvgIpc) is 2.92. The van der Waals surface area contributed by atoms with Crippen LogP contribution in [0.3, 0.4) is 0 Å². The lowest BCUT2D eigenvalue weighted by molar-refractivity contribution is -0.149. The predicted molar refractivity (Wildman–Crippen MR) is 140 cm³/mol. The molecule has 4 rings (SSSR count). The van der Waals surface area contributed by atoms with E-state index in [1.807, 2.05) is 24.3 Å². The van der Waals surface area contributed by atoms with Gasteiger partial charge in [0, 0.05) is 49.3 Å². The standard InChI is InChI=1S/C27H36N4O4S/c1-4-35-26(33)22-6-5-11-31(17-22)25(32)21-9-7-20(8-10-21)18-36-27-28-23(19(2)3)16-24(29-27)30-12-14-34-15-13-30/h7-10,16,19,22H,4-6,11-15,17-18H2,1-3H3. The van der Waals surface area contributed by atoms with Crippen molar-refractivity contribution in [3.63, 3.8) is 0 Å². The molecule has 2 aromatic rings. The van der Waals surface area contributed by atoms with Gasteiger partial charge in [-0.05, 0) is 43.4 Å². The van der Waals surface area contributed by atoms with Crippen LogP contribution in [0.5, 0.6) is 0 Å². The summed E-state index contributed by atoms with van der Waals surface area (Å²) in [6.07, 6.45) is 1.58. The average molecular weight is 513 g/mol. The Kier molecular flexibility index (Phi) is 9.20. The first-order valence-electron chi connectivity index (χ1n) is 12.8. The fourth-order valence-corrected chi connectivity index (χ4v) is 5.25. The molecular formula is C27H36N4O4S. The van der Waals surface area contributed by atoms with Gasteiger partial charge in [-0.2, -0.15) is 0 Å². The van der Waals surface area contributed by atoms with Crippen LogP contribution in [0, 0.1) is 5.92 Å². The molecule has 2 fully saturated rings. The molecule has 1 aromatic carbocycles. The summed E-state index contributed by atoms with van der Waals surface area (Å²) in [5.41, 5.74) is 2.78. The molecule has 8 nitrogen and oxygen atoms in total. The highest BCUT2D eigenvalue weighted by atomic mass is 32.2. The van der Waals surface area contributed by atoms with Crippen LogP contribution >= 0.6 is 11.8 Å². The van der Waals surface area contributed by atoms with Gasteiger partial charge in [-0.15, -0.1) is 0 Å². The molecule has 1 unspecified atom stereocenters. The summed E-state index contributed by atoms with van der Waals surface area (Å²) >= 11 is 1.61. The van der Waals surface area contributed by atoms with E-state index in [2.05, 4.69) is 24.8 Å². The molecule has 0 aliphatic carbocycles. The minimum Gasteiger partial charge on any atom is -0.466 e. The van der Waals surface area contributed by atoms with Gasteiger partial charge in [0.1, 0.15) is 5.82 Å². The Morgan fingerprint density at radius 3 is 2.58 bits per heavy atom. The lowest BCUT2D eigenvalue weighted by Gasteiger charge is -2.31. The van der Waals surface area contributed by atoms with Crippen LogP contribution in [0.2, 0.25) is 0 Å². The van der Waals surface area contributed by atoms with Gasteiger partial charge in [0.15, 0.2) is 5.16 Å². The summed E-state index contributed by atoms with van der Waals surface area (Å²) in [4.78, 5) is 38.8. The van der Waals surface area contributed by atoms with Crippen molar-refractivity contribution in [3.05, 3.63) is 47.2 Å². The molecule has 0 N–H and O–H groups in total. The minimum atomic E-state index is -0.234. The maximum absolute atomic E-state index is 13.0. The minimum absolute atomic E-state index is 0.0358. The topological polar surface area (TPSA) is 84.9 Å². The van der Waals surface area contributed by atoms with E-state index < -0.39 is 0 Å². The number of nitrogens with zero attached hydrogens (tertiary/aromatic N) is 4. The summed E-state index contributed by atoms with van der Waals surface area (Å²) in [5.74, 6) is 1.52. The fraction of sp³-hybridized carbons (Fsp3) is 0.556.